The molecule has 5 nitrogen and oxygen atoms in total. The van der Waals surface area contributed by atoms with Crippen LogP contribution in [-0.2, 0) is 16.0 Å². The monoisotopic (exact) mass is 509 g/mol. The number of rotatable bonds is 10. The van der Waals surface area contributed by atoms with Crippen molar-refractivity contribution in [3.05, 3.63) is 57.3 Å². The van der Waals surface area contributed by atoms with Crippen molar-refractivity contribution in [3.63, 3.8) is 0 Å². The Morgan fingerprint density at radius 2 is 1.72 bits per heavy atom. The SMILES string of the molecule is CCCCCCCCC(=O)N1CCN(C(=O)CN2CCc3sccc3[C@@H]2c2ccccc2C)C[C@@H]1C. The molecule has 1 aromatic heterocycles. The number of piperazine rings is 1. The van der Waals surface area contributed by atoms with Gasteiger partial charge < -0.3 is 9.80 Å². The number of hydrogen-bond donors (Lipinski definition) is 0. The van der Waals surface area contributed by atoms with E-state index in [1.807, 2.05) is 21.1 Å². The van der Waals surface area contributed by atoms with Crippen LogP contribution in [0.25, 0.3) is 0 Å². The number of thiophene rings is 1. The summed E-state index contributed by atoms with van der Waals surface area (Å²) in [4.78, 5) is 34.1. The quantitative estimate of drug-likeness (QED) is 0.380. The normalized spacial score (nSPS) is 20.4. The maximum absolute atomic E-state index is 13.5. The molecule has 0 spiro atoms. The van der Waals surface area contributed by atoms with Crippen LogP contribution in [0, 0.1) is 6.92 Å². The highest BCUT2D eigenvalue weighted by Gasteiger charge is 2.34. The highest BCUT2D eigenvalue weighted by molar-refractivity contribution is 7.10. The molecule has 0 bridgehead atoms. The molecule has 2 aliphatic heterocycles. The van der Waals surface area contributed by atoms with E-state index in [0.717, 1.165) is 25.8 Å². The second-order valence-corrected chi connectivity index (χ2v) is 11.6. The molecule has 36 heavy (non-hydrogen) atoms. The number of nitrogens with zero attached hydrogens (tertiary/aromatic N) is 3. The molecule has 3 heterocycles. The summed E-state index contributed by atoms with van der Waals surface area (Å²) in [6, 6.07) is 11.0. The molecule has 2 aliphatic rings. The molecule has 2 amide bonds. The van der Waals surface area contributed by atoms with Gasteiger partial charge in [0, 0.05) is 43.5 Å². The number of aryl methyl sites for hydroxylation is 1. The average molecular weight is 510 g/mol. The van der Waals surface area contributed by atoms with Crippen molar-refractivity contribution < 1.29 is 9.59 Å². The first-order valence-corrected chi connectivity index (χ1v) is 14.8. The van der Waals surface area contributed by atoms with Gasteiger partial charge in [0.05, 0.1) is 12.6 Å². The van der Waals surface area contributed by atoms with Crippen molar-refractivity contribution >= 4 is 23.2 Å². The molecule has 2 aromatic rings. The first-order chi connectivity index (χ1) is 17.5. The van der Waals surface area contributed by atoms with Gasteiger partial charge in [-0.25, -0.2) is 0 Å². The van der Waals surface area contributed by atoms with Gasteiger partial charge in [0.1, 0.15) is 0 Å². The molecule has 2 atom stereocenters. The number of carbonyl (C=O) groups excluding carboxylic acids is 2. The van der Waals surface area contributed by atoms with E-state index in [4.69, 9.17) is 0 Å². The molecule has 4 rings (SSSR count). The fourth-order valence-corrected chi connectivity index (χ4v) is 6.73. The molecule has 1 aromatic carbocycles. The van der Waals surface area contributed by atoms with Crippen molar-refractivity contribution in [2.45, 2.75) is 84.2 Å². The summed E-state index contributed by atoms with van der Waals surface area (Å²) in [5, 5.41) is 2.18. The first-order valence-electron chi connectivity index (χ1n) is 13.9. The van der Waals surface area contributed by atoms with Crippen molar-refractivity contribution in [1.82, 2.24) is 14.7 Å². The molecular weight excluding hydrogens is 466 g/mol. The number of amides is 2. The summed E-state index contributed by atoms with van der Waals surface area (Å²) in [5.41, 5.74) is 3.92. The zero-order chi connectivity index (χ0) is 25.5. The average Bonchev–Trinajstić information content (AvgIpc) is 3.35. The van der Waals surface area contributed by atoms with Gasteiger partial charge in [-0.1, -0.05) is 63.3 Å². The topological polar surface area (TPSA) is 43.9 Å². The minimum atomic E-state index is 0.0762. The van der Waals surface area contributed by atoms with E-state index in [1.54, 1.807) is 0 Å². The Kier molecular flexibility index (Phi) is 9.60. The Labute approximate surface area is 221 Å². The summed E-state index contributed by atoms with van der Waals surface area (Å²) in [6.45, 7) is 9.72. The molecule has 1 fully saturated rings. The van der Waals surface area contributed by atoms with E-state index in [2.05, 4.69) is 61.4 Å². The summed E-state index contributed by atoms with van der Waals surface area (Å²) >= 11 is 1.83. The van der Waals surface area contributed by atoms with E-state index in [9.17, 15) is 9.59 Å². The maximum atomic E-state index is 13.5. The summed E-state index contributed by atoms with van der Waals surface area (Å²) in [7, 11) is 0. The third-order valence-electron chi connectivity index (χ3n) is 7.93. The van der Waals surface area contributed by atoms with E-state index in [-0.39, 0.29) is 23.9 Å². The second kappa shape index (κ2) is 12.9. The fourth-order valence-electron chi connectivity index (χ4n) is 5.83. The Hall–Kier alpha value is -2.18. The van der Waals surface area contributed by atoms with Crippen molar-refractivity contribution in [2.75, 3.05) is 32.7 Å². The molecule has 0 saturated carbocycles. The van der Waals surface area contributed by atoms with Crippen molar-refractivity contribution in [1.29, 1.82) is 0 Å². The smallest absolute Gasteiger partial charge is 0.236 e. The van der Waals surface area contributed by atoms with Crippen LogP contribution in [0.4, 0.5) is 0 Å². The molecule has 0 N–H and O–H groups in total. The Morgan fingerprint density at radius 1 is 0.944 bits per heavy atom. The summed E-state index contributed by atoms with van der Waals surface area (Å²) in [5.74, 6) is 0.438. The van der Waals surface area contributed by atoms with Gasteiger partial charge in [-0.15, -0.1) is 11.3 Å². The van der Waals surface area contributed by atoms with Gasteiger partial charge >= 0.3 is 0 Å². The lowest BCUT2D eigenvalue weighted by Crippen LogP contribution is -2.57. The first kappa shape index (κ1) is 26.9. The van der Waals surface area contributed by atoms with Crippen molar-refractivity contribution in [2.24, 2.45) is 0 Å². The standard InChI is InChI=1S/C30H43N3O2S/c1-4-5-6-7-8-9-14-28(34)33-19-18-31(21-24(33)3)29(35)22-32-17-15-27-26(16-20-36-27)30(32)25-13-11-10-12-23(25)2/h10-13,16,20,24,30H,4-9,14-15,17-19,21-22H2,1-3H3/t24-,30-/m0/s1. The Balaban J connectivity index is 1.33. The van der Waals surface area contributed by atoms with Crippen LogP contribution < -0.4 is 0 Å². The summed E-state index contributed by atoms with van der Waals surface area (Å²) in [6.07, 6.45) is 8.80. The lowest BCUT2D eigenvalue weighted by molar-refractivity contribution is -0.143. The van der Waals surface area contributed by atoms with Gasteiger partial charge in [0.25, 0.3) is 0 Å². The van der Waals surface area contributed by atoms with Crippen LogP contribution in [0.5, 0.6) is 0 Å². The van der Waals surface area contributed by atoms with E-state index in [1.165, 1.54) is 47.3 Å². The molecular formula is C30H43N3O2S. The van der Waals surface area contributed by atoms with E-state index in [0.29, 0.717) is 32.6 Å². The minimum absolute atomic E-state index is 0.0762. The Bertz CT molecular complexity index is 1020. The lowest BCUT2D eigenvalue weighted by Gasteiger charge is -2.42. The fraction of sp³-hybridized carbons (Fsp3) is 0.600. The zero-order valence-corrected chi connectivity index (χ0v) is 23.2. The summed E-state index contributed by atoms with van der Waals surface area (Å²) < 4.78 is 0. The molecule has 0 aliphatic carbocycles. The second-order valence-electron chi connectivity index (χ2n) is 10.6. The number of fused-ring (bicyclic) bond motifs is 1. The molecule has 0 radical (unpaired) electrons. The number of hydrogen-bond acceptors (Lipinski definition) is 4. The van der Waals surface area contributed by atoms with Crippen LogP contribution >= 0.6 is 11.3 Å². The highest BCUT2D eigenvalue weighted by Crippen LogP contribution is 2.38. The van der Waals surface area contributed by atoms with Crippen molar-refractivity contribution in [3.8, 4) is 0 Å². The third-order valence-corrected chi connectivity index (χ3v) is 8.93. The van der Waals surface area contributed by atoms with Crippen LogP contribution in [0.2, 0.25) is 0 Å². The number of carbonyl (C=O) groups is 2. The van der Waals surface area contributed by atoms with E-state index < -0.39 is 0 Å². The number of benzene rings is 1. The zero-order valence-electron chi connectivity index (χ0n) is 22.4. The van der Waals surface area contributed by atoms with E-state index >= 15 is 0 Å². The van der Waals surface area contributed by atoms with Gasteiger partial charge in [-0.05, 0) is 54.8 Å². The highest BCUT2D eigenvalue weighted by atomic mass is 32.1. The van der Waals surface area contributed by atoms with Crippen LogP contribution in [0.1, 0.15) is 86.4 Å². The van der Waals surface area contributed by atoms with Gasteiger partial charge in [-0.3, -0.25) is 14.5 Å². The molecule has 6 heteroatoms. The van der Waals surface area contributed by atoms with Crippen LogP contribution in [0.15, 0.2) is 35.7 Å². The lowest BCUT2D eigenvalue weighted by atomic mass is 9.90. The third kappa shape index (κ3) is 6.38. The molecule has 1 saturated heterocycles. The Morgan fingerprint density at radius 3 is 2.50 bits per heavy atom. The molecule has 196 valence electrons. The van der Waals surface area contributed by atoms with Crippen LogP contribution in [-0.4, -0.2) is 65.3 Å². The van der Waals surface area contributed by atoms with Gasteiger partial charge in [-0.2, -0.15) is 0 Å². The largest absolute Gasteiger partial charge is 0.338 e. The maximum Gasteiger partial charge on any atom is 0.236 e. The predicted octanol–water partition coefficient (Wildman–Crippen LogP) is 5.81. The molecule has 0 unspecified atom stereocenters. The van der Waals surface area contributed by atoms with Gasteiger partial charge in [0.15, 0.2) is 0 Å². The number of unbranched alkanes of at least 4 members (excludes halogenated alkanes) is 5. The predicted molar refractivity (Wildman–Crippen MR) is 148 cm³/mol. The minimum Gasteiger partial charge on any atom is -0.338 e. The van der Waals surface area contributed by atoms with Gasteiger partial charge in [0.2, 0.25) is 11.8 Å². The van der Waals surface area contributed by atoms with Crippen LogP contribution in [0.3, 0.4) is 0 Å².